The van der Waals surface area contributed by atoms with Gasteiger partial charge in [-0.05, 0) is 19.3 Å². The van der Waals surface area contributed by atoms with Crippen molar-refractivity contribution in [2.45, 2.75) is 226 Å². The molecule has 0 aromatic carbocycles. The highest BCUT2D eigenvalue weighted by atomic mass is 16.6. The lowest BCUT2D eigenvalue weighted by Gasteiger charge is -2.18. The highest BCUT2D eigenvalue weighted by molar-refractivity contribution is 5.71. The van der Waals surface area contributed by atoms with Crippen molar-refractivity contribution in [3.63, 3.8) is 0 Å². The second kappa shape index (κ2) is 36.2. The summed E-state index contributed by atoms with van der Waals surface area (Å²) >= 11 is 0. The molecule has 0 aromatic rings. The molecule has 6 heteroatoms. The smallest absolute Gasteiger partial charge is 0.306 e. The van der Waals surface area contributed by atoms with Crippen LogP contribution in [0, 0.1) is 0 Å². The molecule has 0 rings (SSSR count). The molecule has 0 radical (unpaired) electrons. The van der Waals surface area contributed by atoms with Crippen LogP contribution < -0.4 is 0 Å². The molecule has 0 aliphatic rings. The summed E-state index contributed by atoms with van der Waals surface area (Å²) in [5.74, 6) is -0.871. The van der Waals surface area contributed by atoms with Crippen molar-refractivity contribution in [3.8, 4) is 0 Å². The molecule has 272 valence electrons. The van der Waals surface area contributed by atoms with Crippen molar-refractivity contribution >= 4 is 17.9 Å². The summed E-state index contributed by atoms with van der Waals surface area (Å²) in [6.45, 7) is 6.56. The molecule has 0 saturated heterocycles. The van der Waals surface area contributed by atoms with Gasteiger partial charge in [-0.25, -0.2) is 0 Å². The molecule has 0 saturated carbocycles. The second-order valence-electron chi connectivity index (χ2n) is 13.6. The van der Waals surface area contributed by atoms with Gasteiger partial charge in [-0.2, -0.15) is 0 Å². The highest BCUT2D eigenvalue weighted by Gasteiger charge is 2.19. The van der Waals surface area contributed by atoms with Crippen molar-refractivity contribution in [1.29, 1.82) is 0 Å². The molecule has 1 unspecified atom stereocenters. The monoisotopic (exact) mass is 653 g/mol. The van der Waals surface area contributed by atoms with E-state index in [4.69, 9.17) is 14.2 Å². The van der Waals surface area contributed by atoms with Crippen LogP contribution in [-0.4, -0.2) is 37.2 Å². The Balaban J connectivity index is 4.26. The van der Waals surface area contributed by atoms with E-state index < -0.39 is 6.10 Å². The minimum absolute atomic E-state index is 0.0643. The Morgan fingerprint density at radius 3 is 0.870 bits per heavy atom. The highest BCUT2D eigenvalue weighted by Crippen LogP contribution is 2.14. The molecule has 0 aromatic heterocycles. The molecule has 0 aliphatic heterocycles. The van der Waals surface area contributed by atoms with Crippen LogP contribution in [0.2, 0.25) is 0 Å². The van der Waals surface area contributed by atoms with Crippen molar-refractivity contribution < 1.29 is 28.6 Å². The van der Waals surface area contributed by atoms with Crippen LogP contribution in [0.15, 0.2) is 0 Å². The third-order valence-electron chi connectivity index (χ3n) is 8.86. The Hall–Kier alpha value is -1.59. The largest absolute Gasteiger partial charge is 0.462 e. The van der Waals surface area contributed by atoms with Crippen LogP contribution in [0.5, 0.6) is 0 Å². The van der Waals surface area contributed by atoms with E-state index in [0.29, 0.717) is 19.3 Å². The van der Waals surface area contributed by atoms with Crippen LogP contribution in [0.3, 0.4) is 0 Å². The van der Waals surface area contributed by atoms with Gasteiger partial charge in [0.05, 0.1) is 0 Å². The van der Waals surface area contributed by atoms with E-state index in [1.54, 1.807) is 0 Å². The third kappa shape index (κ3) is 33.8. The van der Waals surface area contributed by atoms with Gasteiger partial charge in [-0.3, -0.25) is 14.4 Å². The van der Waals surface area contributed by atoms with E-state index in [0.717, 1.165) is 57.8 Å². The van der Waals surface area contributed by atoms with Crippen molar-refractivity contribution in [2.24, 2.45) is 0 Å². The SMILES string of the molecule is CCCCCCCCCCCCCCCC(=O)OCC(COC(=O)CCCCCCCCC)OC(=O)CCCCCCCCCC. The fourth-order valence-electron chi connectivity index (χ4n) is 5.79. The normalized spacial score (nSPS) is 11.8. The standard InChI is InChI=1S/C40H76O6/c1-4-7-10-13-16-18-19-20-21-22-25-27-30-33-39(42)45-36-37(35-44-38(41)32-29-26-23-15-12-9-6-3)46-40(43)34-31-28-24-17-14-11-8-5-2/h37H,4-36H2,1-3H3. The molecule has 0 bridgehead atoms. The van der Waals surface area contributed by atoms with E-state index >= 15 is 0 Å². The Bertz CT molecular complexity index is 679. The number of ether oxygens (including phenoxy) is 3. The number of rotatable bonds is 36. The predicted octanol–water partition coefficient (Wildman–Crippen LogP) is 12.1. The number of unbranched alkanes of at least 4 members (excludes halogenated alkanes) is 25. The molecule has 0 heterocycles. The van der Waals surface area contributed by atoms with Crippen molar-refractivity contribution in [3.05, 3.63) is 0 Å². The number of carbonyl (C=O) groups excluding carboxylic acids is 3. The van der Waals surface area contributed by atoms with E-state index in [2.05, 4.69) is 20.8 Å². The van der Waals surface area contributed by atoms with Gasteiger partial charge in [0.2, 0.25) is 0 Å². The molecular weight excluding hydrogens is 576 g/mol. The summed E-state index contributed by atoms with van der Waals surface area (Å²) in [5.41, 5.74) is 0. The number of carbonyl (C=O) groups is 3. The summed E-state index contributed by atoms with van der Waals surface area (Å²) in [6, 6.07) is 0. The maximum Gasteiger partial charge on any atom is 0.306 e. The van der Waals surface area contributed by atoms with E-state index in [1.807, 2.05) is 0 Å². The fourth-order valence-corrected chi connectivity index (χ4v) is 5.79. The van der Waals surface area contributed by atoms with E-state index in [-0.39, 0.29) is 31.1 Å². The number of esters is 3. The summed E-state index contributed by atoms with van der Waals surface area (Å²) in [7, 11) is 0. The Kier molecular flexibility index (Phi) is 35.0. The lowest BCUT2D eigenvalue weighted by atomic mass is 10.0. The van der Waals surface area contributed by atoms with Crippen LogP contribution in [-0.2, 0) is 28.6 Å². The lowest BCUT2D eigenvalue weighted by molar-refractivity contribution is -0.167. The zero-order chi connectivity index (χ0) is 33.8. The minimum Gasteiger partial charge on any atom is -0.462 e. The molecule has 0 amide bonds. The van der Waals surface area contributed by atoms with Crippen LogP contribution in [0.1, 0.15) is 220 Å². The average molecular weight is 653 g/mol. The molecule has 46 heavy (non-hydrogen) atoms. The van der Waals surface area contributed by atoms with Gasteiger partial charge < -0.3 is 14.2 Å². The average Bonchev–Trinajstić information content (AvgIpc) is 3.05. The molecule has 0 aliphatic carbocycles. The first-order chi connectivity index (χ1) is 22.5. The molecular formula is C40H76O6. The maximum absolute atomic E-state index is 12.5. The first-order valence-corrected chi connectivity index (χ1v) is 20.0. The van der Waals surface area contributed by atoms with Crippen molar-refractivity contribution in [1.82, 2.24) is 0 Å². The summed E-state index contributed by atoms with van der Waals surface area (Å²) in [6.07, 6.45) is 33.8. The van der Waals surface area contributed by atoms with Crippen molar-refractivity contribution in [2.75, 3.05) is 13.2 Å². The first-order valence-electron chi connectivity index (χ1n) is 20.0. The van der Waals surface area contributed by atoms with Gasteiger partial charge >= 0.3 is 17.9 Å². The van der Waals surface area contributed by atoms with Crippen LogP contribution in [0.4, 0.5) is 0 Å². The molecule has 0 fully saturated rings. The van der Waals surface area contributed by atoms with Gasteiger partial charge in [0.1, 0.15) is 13.2 Å². The first kappa shape index (κ1) is 44.4. The molecule has 6 nitrogen and oxygen atoms in total. The van der Waals surface area contributed by atoms with Gasteiger partial charge in [-0.15, -0.1) is 0 Å². The quantitative estimate of drug-likeness (QED) is 0.0381. The van der Waals surface area contributed by atoms with E-state index in [1.165, 1.54) is 122 Å². The van der Waals surface area contributed by atoms with Gasteiger partial charge in [0, 0.05) is 19.3 Å². The number of hydrogen-bond donors (Lipinski definition) is 0. The Morgan fingerprint density at radius 2 is 0.587 bits per heavy atom. The Morgan fingerprint density at radius 1 is 0.348 bits per heavy atom. The van der Waals surface area contributed by atoms with E-state index in [9.17, 15) is 14.4 Å². The minimum atomic E-state index is -0.755. The topological polar surface area (TPSA) is 78.9 Å². The van der Waals surface area contributed by atoms with Crippen LogP contribution in [0.25, 0.3) is 0 Å². The number of hydrogen-bond acceptors (Lipinski definition) is 6. The molecule has 1 atom stereocenters. The predicted molar refractivity (Wildman–Crippen MR) is 192 cm³/mol. The second-order valence-corrected chi connectivity index (χ2v) is 13.6. The summed E-state index contributed by atoms with van der Waals surface area (Å²) in [5, 5.41) is 0. The van der Waals surface area contributed by atoms with Gasteiger partial charge in [-0.1, -0.05) is 181 Å². The fraction of sp³-hybridized carbons (Fsp3) is 0.925. The van der Waals surface area contributed by atoms with Gasteiger partial charge in [0.25, 0.3) is 0 Å². The van der Waals surface area contributed by atoms with Crippen LogP contribution >= 0.6 is 0 Å². The molecule has 0 spiro atoms. The summed E-state index contributed by atoms with van der Waals surface area (Å²) in [4.78, 5) is 37.3. The zero-order valence-electron chi connectivity index (χ0n) is 30.9. The van der Waals surface area contributed by atoms with Gasteiger partial charge in [0.15, 0.2) is 6.10 Å². The lowest BCUT2D eigenvalue weighted by Crippen LogP contribution is -2.30. The maximum atomic E-state index is 12.5. The Labute approximate surface area is 285 Å². The zero-order valence-corrected chi connectivity index (χ0v) is 30.9. The molecule has 0 N–H and O–H groups in total. The summed E-state index contributed by atoms with van der Waals surface area (Å²) < 4.78 is 16.5. The third-order valence-corrected chi connectivity index (χ3v) is 8.86.